The van der Waals surface area contributed by atoms with Gasteiger partial charge in [0.1, 0.15) is 11.6 Å². The summed E-state index contributed by atoms with van der Waals surface area (Å²) in [7, 11) is 0. The van der Waals surface area contributed by atoms with Crippen LogP contribution in [0.25, 0.3) is 0 Å². The predicted octanol–water partition coefficient (Wildman–Crippen LogP) is 4.58. The number of hydrogen-bond donors (Lipinski definition) is 1. The maximum absolute atomic E-state index is 13.5. The van der Waals surface area contributed by atoms with Crippen molar-refractivity contribution in [1.82, 2.24) is 5.32 Å². The first kappa shape index (κ1) is 14.2. The van der Waals surface area contributed by atoms with Gasteiger partial charge in [0, 0.05) is 22.6 Å². The molecule has 0 amide bonds. The van der Waals surface area contributed by atoms with Crippen LogP contribution in [0.1, 0.15) is 24.1 Å². The molecule has 0 saturated heterocycles. The van der Waals surface area contributed by atoms with Gasteiger partial charge in [0.25, 0.3) is 0 Å². The van der Waals surface area contributed by atoms with Crippen LogP contribution in [0.15, 0.2) is 46.9 Å². The molecule has 0 aliphatic rings. The lowest BCUT2D eigenvalue weighted by atomic mass is 10.1. The van der Waals surface area contributed by atoms with Crippen molar-refractivity contribution >= 4 is 15.9 Å². The van der Waals surface area contributed by atoms with Crippen LogP contribution in [-0.2, 0) is 6.54 Å². The SMILES string of the molecule is C[C@@H](NCc1cc(F)ccc1F)c1cccc(Br)c1. The second kappa shape index (κ2) is 6.26. The summed E-state index contributed by atoms with van der Waals surface area (Å²) in [5, 5.41) is 3.18. The fourth-order valence-corrected chi connectivity index (χ4v) is 2.25. The minimum absolute atomic E-state index is 0.0557. The standard InChI is InChI=1S/C15H14BrF2N/c1-10(11-3-2-4-13(16)7-11)19-9-12-8-14(17)5-6-15(12)18/h2-8,10,19H,9H2,1H3/t10-/m1/s1. The van der Waals surface area contributed by atoms with E-state index in [1.807, 2.05) is 31.2 Å². The van der Waals surface area contributed by atoms with Crippen molar-refractivity contribution in [3.05, 3.63) is 69.7 Å². The molecule has 1 atom stereocenters. The quantitative estimate of drug-likeness (QED) is 0.867. The van der Waals surface area contributed by atoms with Crippen LogP contribution in [0.3, 0.4) is 0 Å². The van der Waals surface area contributed by atoms with Crippen molar-refractivity contribution < 1.29 is 8.78 Å². The maximum Gasteiger partial charge on any atom is 0.127 e. The average molecular weight is 326 g/mol. The third-order valence-electron chi connectivity index (χ3n) is 2.96. The van der Waals surface area contributed by atoms with E-state index in [9.17, 15) is 8.78 Å². The van der Waals surface area contributed by atoms with E-state index in [1.54, 1.807) is 0 Å². The van der Waals surface area contributed by atoms with E-state index in [2.05, 4.69) is 21.2 Å². The molecule has 0 aliphatic heterocycles. The van der Waals surface area contributed by atoms with E-state index in [0.29, 0.717) is 5.56 Å². The molecule has 4 heteroatoms. The molecule has 2 aromatic rings. The summed E-state index contributed by atoms with van der Waals surface area (Å²) in [4.78, 5) is 0. The Hall–Kier alpha value is -1.26. The van der Waals surface area contributed by atoms with Crippen molar-refractivity contribution in [2.45, 2.75) is 19.5 Å². The molecule has 0 bridgehead atoms. The van der Waals surface area contributed by atoms with Gasteiger partial charge in [0.2, 0.25) is 0 Å². The first-order valence-corrected chi connectivity index (χ1v) is 6.78. The summed E-state index contributed by atoms with van der Waals surface area (Å²) >= 11 is 3.41. The van der Waals surface area contributed by atoms with Gasteiger partial charge in [-0.05, 0) is 42.8 Å². The molecule has 100 valence electrons. The molecule has 1 N–H and O–H groups in total. The van der Waals surface area contributed by atoms with Crippen LogP contribution < -0.4 is 5.32 Å². The van der Waals surface area contributed by atoms with E-state index in [1.165, 1.54) is 6.07 Å². The minimum atomic E-state index is -0.423. The number of hydrogen-bond acceptors (Lipinski definition) is 1. The highest BCUT2D eigenvalue weighted by atomic mass is 79.9. The Balaban J connectivity index is 2.04. The van der Waals surface area contributed by atoms with Crippen LogP contribution in [0, 0.1) is 11.6 Å². The topological polar surface area (TPSA) is 12.0 Å². The molecular weight excluding hydrogens is 312 g/mol. The highest BCUT2D eigenvalue weighted by molar-refractivity contribution is 9.10. The third-order valence-corrected chi connectivity index (χ3v) is 3.45. The first-order valence-electron chi connectivity index (χ1n) is 5.99. The molecule has 1 nitrogen and oxygen atoms in total. The molecule has 19 heavy (non-hydrogen) atoms. The lowest BCUT2D eigenvalue weighted by Crippen LogP contribution is -2.18. The van der Waals surface area contributed by atoms with Crippen molar-refractivity contribution in [3.8, 4) is 0 Å². The molecule has 0 unspecified atom stereocenters. The number of rotatable bonds is 4. The van der Waals surface area contributed by atoms with E-state index >= 15 is 0 Å². The summed E-state index contributed by atoms with van der Waals surface area (Å²) in [6.07, 6.45) is 0. The van der Waals surface area contributed by atoms with E-state index in [-0.39, 0.29) is 12.6 Å². The molecule has 0 radical (unpaired) electrons. The highest BCUT2D eigenvalue weighted by Gasteiger charge is 2.08. The van der Waals surface area contributed by atoms with Crippen LogP contribution in [0.5, 0.6) is 0 Å². The van der Waals surface area contributed by atoms with Gasteiger partial charge >= 0.3 is 0 Å². The first-order chi connectivity index (χ1) is 9.06. The fraction of sp³-hybridized carbons (Fsp3) is 0.200. The Morgan fingerprint density at radius 1 is 1.16 bits per heavy atom. The van der Waals surface area contributed by atoms with Crippen molar-refractivity contribution in [2.24, 2.45) is 0 Å². The zero-order valence-electron chi connectivity index (χ0n) is 10.5. The van der Waals surface area contributed by atoms with Gasteiger partial charge in [-0.1, -0.05) is 28.1 Å². The Kier molecular flexibility index (Phi) is 4.66. The number of benzene rings is 2. The molecule has 0 heterocycles. The second-order valence-electron chi connectivity index (χ2n) is 4.39. The van der Waals surface area contributed by atoms with E-state index < -0.39 is 11.6 Å². The molecule has 2 aromatic carbocycles. The normalized spacial score (nSPS) is 12.4. The monoisotopic (exact) mass is 325 g/mol. The number of nitrogens with one attached hydrogen (secondary N) is 1. The van der Waals surface area contributed by atoms with Gasteiger partial charge in [-0.3, -0.25) is 0 Å². The molecular formula is C15H14BrF2N. The van der Waals surface area contributed by atoms with Gasteiger partial charge in [0.15, 0.2) is 0 Å². The Labute approximate surface area is 119 Å². The lowest BCUT2D eigenvalue weighted by molar-refractivity contribution is 0.535. The van der Waals surface area contributed by atoms with Gasteiger partial charge < -0.3 is 5.32 Å². The van der Waals surface area contributed by atoms with Gasteiger partial charge in [-0.25, -0.2) is 8.78 Å². The zero-order valence-corrected chi connectivity index (χ0v) is 12.0. The van der Waals surface area contributed by atoms with Crippen LogP contribution in [0.4, 0.5) is 8.78 Å². The fourth-order valence-electron chi connectivity index (χ4n) is 1.84. The van der Waals surface area contributed by atoms with Crippen molar-refractivity contribution in [1.29, 1.82) is 0 Å². The summed E-state index contributed by atoms with van der Waals surface area (Å²) in [5.41, 5.74) is 1.42. The summed E-state index contributed by atoms with van der Waals surface area (Å²) in [5.74, 6) is -0.816. The molecule has 2 rings (SSSR count). The smallest absolute Gasteiger partial charge is 0.127 e. The molecule has 0 aromatic heterocycles. The summed E-state index contributed by atoms with van der Waals surface area (Å²) < 4.78 is 27.5. The zero-order chi connectivity index (χ0) is 13.8. The second-order valence-corrected chi connectivity index (χ2v) is 5.31. The molecule has 0 aliphatic carbocycles. The van der Waals surface area contributed by atoms with Crippen LogP contribution in [-0.4, -0.2) is 0 Å². The maximum atomic E-state index is 13.5. The minimum Gasteiger partial charge on any atom is -0.306 e. The van der Waals surface area contributed by atoms with Gasteiger partial charge in [0.05, 0.1) is 0 Å². The highest BCUT2D eigenvalue weighted by Crippen LogP contribution is 2.18. The van der Waals surface area contributed by atoms with Crippen molar-refractivity contribution in [3.63, 3.8) is 0 Å². The van der Waals surface area contributed by atoms with E-state index in [4.69, 9.17) is 0 Å². The predicted molar refractivity (Wildman–Crippen MR) is 75.8 cm³/mol. The largest absolute Gasteiger partial charge is 0.306 e. The molecule has 0 saturated carbocycles. The summed E-state index contributed by atoms with van der Waals surface area (Å²) in [6, 6.07) is 11.4. The molecule has 0 spiro atoms. The third kappa shape index (κ3) is 3.85. The van der Waals surface area contributed by atoms with Crippen LogP contribution in [0.2, 0.25) is 0 Å². The Morgan fingerprint density at radius 3 is 2.68 bits per heavy atom. The lowest BCUT2D eigenvalue weighted by Gasteiger charge is -2.15. The Bertz CT molecular complexity index is 572. The van der Waals surface area contributed by atoms with Crippen molar-refractivity contribution in [2.75, 3.05) is 0 Å². The molecule has 0 fully saturated rings. The van der Waals surface area contributed by atoms with E-state index in [0.717, 1.165) is 22.2 Å². The summed E-state index contributed by atoms with van der Waals surface area (Å²) in [6.45, 7) is 2.27. The van der Waals surface area contributed by atoms with Crippen LogP contribution >= 0.6 is 15.9 Å². The van der Waals surface area contributed by atoms with Gasteiger partial charge in [-0.15, -0.1) is 0 Å². The number of halogens is 3. The Morgan fingerprint density at radius 2 is 1.95 bits per heavy atom. The van der Waals surface area contributed by atoms with Gasteiger partial charge in [-0.2, -0.15) is 0 Å². The average Bonchev–Trinajstić information content (AvgIpc) is 2.39.